The highest BCUT2D eigenvalue weighted by atomic mass is 14.5. The highest BCUT2D eigenvalue weighted by Crippen LogP contribution is 2.23. The van der Waals surface area contributed by atoms with E-state index < -0.39 is 0 Å². The Labute approximate surface area is 116 Å². The van der Waals surface area contributed by atoms with Crippen LogP contribution in [-0.2, 0) is 6.42 Å². The van der Waals surface area contributed by atoms with Crippen molar-refractivity contribution in [2.75, 3.05) is 6.54 Å². The van der Waals surface area contributed by atoms with Gasteiger partial charge in [0.25, 0.3) is 0 Å². The summed E-state index contributed by atoms with van der Waals surface area (Å²) >= 11 is 0. The minimum atomic E-state index is 0.402. The predicted octanol–water partition coefficient (Wildman–Crippen LogP) is 3.90. The largest absolute Gasteiger partial charge is 0.330 e. The van der Waals surface area contributed by atoms with Gasteiger partial charge in [0, 0.05) is 5.92 Å². The quantitative estimate of drug-likeness (QED) is 0.878. The number of nitrogens with two attached hydrogens (primary N) is 1. The fourth-order valence-electron chi connectivity index (χ4n) is 2.69. The van der Waals surface area contributed by atoms with E-state index >= 15 is 0 Å². The van der Waals surface area contributed by atoms with Crippen LogP contribution in [0, 0.1) is 20.8 Å². The second-order valence-electron chi connectivity index (χ2n) is 5.48. The summed E-state index contributed by atoms with van der Waals surface area (Å²) in [6.07, 6.45) is 1.02. The lowest BCUT2D eigenvalue weighted by Crippen LogP contribution is -2.16. The molecular weight excluding hydrogens is 230 g/mol. The van der Waals surface area contributed by atoms with Crippen molar-refractivity contribution < 1.29 is 0 Å². The minimum Gasteiger partial charge on any atom is -0.330 e. The van der Waals surface area contributed by atoms with Crippen LogP contribution in [0.1, 0.15) is 33.7 Å². The SMILES string of the molecule is Cc1cc(C)cc(C(CN)Cc2ccccc2C)c1. The van der Waals surface area contributed by atoms with Crippen molar-refractivity contribution in [1.29, 1.82) is 0 Å². The Balaban J connectivity index is 2.28. The highest BCUT2D eigenvalue weighted by Gasteiger charge is 2.12. The van der Waals surface area contributed by atoms with Crippen molar-refractivity contribution in [3.8, 4) is 0 Å². The Bertz CT molecular complexity index is 537. The maximum absolute atomic E-state index is 6.00. The van der Waals surface area contributed by atoms with Crippen LogP contribution in [0.5, 0.6) is 0 Å². The van der Waals surface area contributed by atoms with Crippen LogP contribution in [0.15, 0.2) is 42.5 Å². The van der Waals surface area contributed by atoms with E-state index in [1.807, 2.05) is 0 Å². The maximum Gasteiger partial charge on any atom is 0.000187 e. The monoisotopic (exact) mass is 253 g/mol. The van der Waals surface area contributed by atoms with Crippen molar-refractivity contribution in [2.24, 2.45) is 5.73 Å². The third-order valence-electron chi connectivity index (χ3n) is 3.73. The standard InChI is InChI=1S/C18H23N/c1-13-8-14(2)10-17(9-13)18(12-19)11-16-7-5-4-6-15(16)3/h4-10,18H,11-12,19H2,1-3H3. The van der Waals surface area contributed by atoms with E-state index in [0.29, 0.717) is 12.5 Å². The molecule has 19 heavy (non-hydrogen) atoms. The average molecular weight is 253 g/mol. The van der Waals surface area contributed by atoms with Crippen molar-refractivity contribution in [2.45, 2.75) is 33.1 Å². The molecule has 0 saturated carbocycles. The third kappa shape index (κ3) is 3.45. The maximum atomic E-state index is 6.00. The Morgan fingerprint density at radius 3 is 2.16 bits per heavy atom. The van der Waals surface area contributed by atoms with Crippen LogP contribution in [0.2, 0.25) is 0 Å². The fourth-order valence-corrected chi connectivity index (χ4v) is 2.69. The van der Waals surface area contributed by atoms with Gasteiger partial charge < -0.3 is 5.73 Å². The van der Waals surface area contributed by atoms with E-state index in [2.05, 4.69) is 63.2 Å². The molecule has 2 aromatic carbocycles. The van der Waals surface area contributed by atoms with Gasteiger partial charge in [0.15, 0.2) is 0 Å². The minimum absolute atomic E-state index is 0.402. The molecule has 0 aliphatic rings. The van der Waals surface area contributed by atoms with Crippen molar-refractivity contribution in [3.05, 3.63) is 70.3 Å². The predicted molar refractivity (Wildman–Crippen MR) is 82.6 cm³/mol. The molecule has 0 aromatic heterocycles. The van der Waals surface area contributed by atoms with E-state index in [1.54, 1.807) is 0 Å². The molecule has 0 radical (unpaired) electrons. The molecule has 0 bridgehead atoms. The first-order valence-corrected chi connectivity index (χ1v) is 6.93. The van der Waals surface area contributed by atoms with Crippen LogP contribution < -0.4 is 5.73 Å². The summed E-state index contributed by atoms with van der Waals surface area (Å²) in [4.78, 5) is 0. The molecule has 0 fully saturated rings. The van der Waals surface area contributed by atoms with Crippen molar-refractivity contribution in [3.63, 3.8) is 0 Å². The number of rotatable bonds is 4. The van der Waals surface area contributed by atoms with Crippen LogP contribution >= 0.6 is 0 Å². The molecule has 100 valence electrons. The summed E-state index contributed by atoms with van der Waals surface area (Å²) in [6, 6.07) is 15.3. The molecule has 1 unspecified atom stereocenters. The number of aryl methyl sites for hydroxylation is 3. The summed E-state index contributed by atoms with van der Waals surface area (Å²) < 4.78 is 0. The van der Waals surface area contributed by atoms with Gasteiger partial charge in [-0.3, -0.25) is 0 Å². The molecule has 0 spiro atoms. The lowest BCUT2D eigenvalue weighted by molar-refractivity contribution is 0.690. The van der Waals surface area contributed by atoms with Gasteiger partial charge in [-0.2, -0.15) is 0 Å². The van der Waals surface area contributed by atoms with E-state index in [-0.39, 0.29) is 0 Å². The van der Waals surface area contributed by atoms with Gasteiger partial charge in [-0.25, -0.2) is 0 Å². The van der Waals surface area contributed by atoms with E-state index in [9.17, 15) is 0 Å². The zero-order chi connectivity index (χ0) is 13.8. The summed E-state index contributed by atoms with van der Waals surface area (Å²) in [7, 11) is 0. The molecular formula is C18H23N. The Kier molecular flexibility index (Phi) is 4.39. The second-order valence-corrected chi connectivity index (χ2v) is 5.48. The number of hydrogen-bond donors (Lipinski definition) is 1. The van der Waals surface area contributed by atoms with Gasteiger partial charge in [0.05, 0.1) is 0 Å². The summed E-state index contributed by atoms with van der Waals surface area (Å²) in [6.45, 7) is 7.16. The molecule has 0 saturated heterocycles. The Hall–Kier alpha value is -1.60. The van der Waals surface area contributed by atoms with E-state index in [0.717, 1.165) is 6.42 Å². The highest BCUT2D eigenvalue weighted by molar-refractivity contribution is 5.34. The van der Waals surface area contributed by atoms with Gasteiger partial charge >= 0.3 is 0 Å². The number of benzene rings is 2. The van der Waals surface area contributed by atoms with Crippen molar-refractivity contribution in [1.82, 2.24) is 0 Å². The van der Waals surface area contributed by atoms with Crippen LogP contribution in [0.25, 0.3) is 0 Å². The molecule has 2 aromatic rings. The van der Waals surface area contributed by atoms with Crippen LogP contribution in [-0.4, -0.2) is 6.54 Å². The first-order valence-electron chi connectivity index (χ1n) is 6.93. The summed E-state index contributed by atoms with van der Waals surface area (Å²) in [5.74, 6) is 0.402. The zero-order valence-corrected chi connectivity index (χ0v) is 12.1. The van der Waals surface area contributed by atoms with E-state index in [1.165, 1.54) is 27.8 Å². The summed E-state index contributed by atoms with van der Waals surface area (Å²) in [5.41, 5.74) is 12.8. The third-order valence-corrected chi connectivity index (χ3v) is 3.73. The van der Waals surface area contributed by atoms with Gasteiger partial charge in [-0.15, -0.1) is 0 Å². The molecule has 1 atom stereocenters. The zero-order valence-electron chi connectivity index (χ0n) is 12.1. The molecule has 0 heterocycles. The average Bonchev–Trinajstić information content (AvgIpc) is 2.36. The van der Waals surface area contributed by atoms with Gasteiger partial charge in [-0.1, -0.05) is 53.6 Å². The lowest BCUT2D eigenvalue weighted by Gasteiger charge is -2.18. The molecule has 0 aliphatic heterocycles. The Morgan fingerprint density at radius 2 is 1.58 bits per heavy atom. The second kappa shape index (κ2) is 6.03. The lowest BCUT2D eigenvalue weighted by atomic mass is 9.89. The topological polar surface area (TPSA) is 26.0 Å². The van der Waals surface area contributed by atoms with Gasteiger partial charge in [-0.05, 0) is 50.4 Å². The van der Waals surface area contributed by atoms with E-state index in [4.69, 9.17) is 5.73 Å². The smallest absolute Gasteiger partial charge is 0.000187 e. The molecule has 2 rings (SSSR count). The first-order chi connectivity index (χ1) is 9.10. The first kappa shape index (κ1) is 13.8. The van der Waals surface area contributed by atoms with Crippen molar-refractivity contribution >= 4 is 0 Å². The normalized spacial score (nSPS) is 12.4. The molecule has 2 N–H and O–H groups in total. The van der Waals surface area contributed by atoms with Crippen LogP contribution in [0.4, 0.5) is 0 Å². The fraction of sp³-hybridized carbons (Fsp3) is 0.333. The summed E-state index contributed by atoms with van der Waals surface area (Å²) in [5, 5.41) is 0. The van der Waals surface area contributed by atoms with Gasteiger partial charge in [0.1, 0.15) is 0 Å². The molecule has 1 nitrogen and oxygen atoms in total. The molecule has 0 aliphatic carbocycles. The van der Waals surface area contributed by atoms with Crippen LogP contribution in [0.3, 0.4) is 0 Å². The van der Waals surface area contributed by atoms with Gasteiger partial charge in [0.2, 0.25) is 0 Å². The Morgan fingerprint density at radius 1 is 0.947 bits per heavy atom. The molecule has 0 amide bonds. The number of hydrogen-bond acceptors (Lipinski definition) is 1. The molecule has 1 heteroatoms.